The molecule has 0 saturated heterocycles. The van der Waals surface area contributed by atoms with E-state index in [1.165, 1.54) is 18.3 Å². The number of amides is 2. The number of alkyl halides is 3. The molecule has 0 fully saturated rings. The van der Waals surface area contributed by atoms with Gasteiger partial charge in [-0.05, 0) is 48.0 Å². The minimum absolute atomic E-state index is 0.00542. The minimum Gasteiger partial charge on any atom is -0.457 e. The highest BCUT2D eigenvalue weighted by Crippen LogP contribution is 2.30. The number of rotatable bonds is 8. The van der Waals surface area contributed by atoms with Gasteiger partial charge in [0.25, 0.3) is 0 Å². The molecule has 2 N–H and O–H groups in total. The fourth-order valence-corrected chi connectivity index (χ4v) is 2.74. The molecule has 0 aliphatic rings. The van der Waals surface area contributed by atoms with E-state index in [4.69, 9.17) is 4.74 Å². The van der Waals surface area contributed by atoms with Crippen molar-refractivity contribution >= 4 is 23.7 Å². The van der Waals surface area contributed by atoms with Crippen LogP contribution in [0, 0.1) is 0 Å². The zero-order valence-electron chi connectivity index (χ0n) is 17.3. The summed E-state index contributed by atoms with van der Waals surface area (Å²) in [7, 11) is 0. The van der Waals surface area contributed by atoms with Crippen molar-refractivity contribution in [2.75, 3.05) is 5.32 Å². The quantitative estimate of drug-likeness (QED) is 0.354. The number of benzene rings is 3. The Kier molecular flexibility index (Phi) is 7.80. The van der Waals surface area contributed by atoms with E-state index in [1.807, 2.05) is 30.3 Å². The van der Waals surface area contributed by atoms with Gasteiger partial charge in [0.1, 0.15) is 11.5 Å². The lowest BCUT2D eigenvalue weighted by Crippen LogP contribution is -2.20. The third kappa shape index (κ3) is 7.80. The number of anilines is 1. The van der Waals surface area contributed by atoms with Crippen LogP contribution in [0.15, 0.2) is 84.0 Å². The summed E-state index contributed by atoms with van der Waals surface area (Å²) in [6.45, 7) is 0. The summed E-state index contributed by atoms with van der Waals surface area (Å²) < 4.78 is 43.9. The molecule has 3 aromatic carbocycles. The van der Waals surface area contributed by atoms with Gasteiger partial charge in [-0.15, -0.1) is 0 Å². The molecule has 9 heteroatoms. The van der Waals surface area contributed by atoms with E-state index < -0.39 is 23.6 Å². The second-order valence-electron chi connectivity index (χ2n) is 6.91. The Morgan fingerprint density at radius 1 is 0.848 bits per heavy atom. The van der Waals surface area contributed by atoms with Crippen LogP contribution >= 0.6 is 0 Å². The second kappa shape index (κ2) is 10.9. The van der Waals surface area contributed by atoms with E-state index in [0.29, 0.717) is 17.1 Å². The molecule has 0 heterocycles. The van der Waals surface area contributed by atoms with Crippen molar-refractivity contribution in [3.8, 4) is 11.5 Å². The van der Waals surface area contributed by atoms with Crippen LogP contribution in [0.4, 0.5) is 18.9 Å². The number of halogens is 3. The van der Waals surface area contributed by atoms with Gasteiger partial charge in [-0.2, -0.15) is 18.3 Å². The van der Waals surface area contributed by atoms with Gasteiger partial charge >= 0.3 is 6.18 Å². The van der Waals surface area contributed by atoms with Gasteiger partial charge in [0.05, 0.1) is 11.8 Å². The molecule has 0 radical (unpaired) electrons. The first-order valence-corrected chi connectivity index (χ1v) is 9.91. The van der Waals surface area contributed by atoms with E-state index in [2.05, 4.69) is 15.8 Å². The topological polar surface area (TPSA) is 79.8 Å². The predicted octanol–water partition coefficient (Wildman–Crippen LogP) is 5.37. The Hall–Kier alpha value is -4.14. The largest absolute Gasteiger partial charge is 0.457 e. The summed E-state index contributed by atoms with van der Waals surface area (Å²) in [5, 5.41) is 6.20. The maximum absolute atomic E-state index is 12.7. The summed E-state index contributed by atoms with van der Waals surface area (Å²) in [4.78, 5) is 23.8. The number of nitrogens with zero attached hydrogens (tertiary/aromatic N) is 1. The molecule has 0 aliphatic carbocycles. The molecule has 3 aromatic rings. The van der Waals surface area contributed by atoms with Gasteiger partial charge in [-0.25, -0.2) is 5.43 Å². The van der Waals surface area contributed by atoms with Crippen molar-refractivity contribution in [1.82, 2.24) is 5.43 Å². The molecule has 33 heavy (non-hydrogen) atoms. The van der Waals surface area contributed by atoms with Gasteiger partial charge < -0.3 is 10.1 Å². The van der Waals surface area contributed by atoms with E-state index >= 15 is 0 Å². The summed E-state index contributed by atoms with van der Waals surface area (Å²) in [6, 6.07) is 20.6. The number of para-hydroxylation sites is 1. The molecule has 6 nitrogen and oxygen atoms in total. The van der Waals surface area contributed by atoms with E-state index in [0.717, 1.165) is 12.1 Å². The first-order valence-electron chi connectivity index (χ1n) is 9.91. The molecule has 3 rings (SSSR count). The predicted molar refractivity (Wildman–Crippen MR) is 118 cm³/mol. The lowest BCUT2D eigenvalue weighted by Gasteiger charge is -2.09. The second-order valence-corrected chi connectivity index (χ2v) is 6.91. The van der Waals surface area contributed by atoms with Gasteiger partial charge in [-0.1, -0.05) is 36.4 Å². The fourth-order valence-electron chi connectivity index (χ4n) is 2.74. The molecule has 2 amide bonds. The minimum atomic E-state index is -4.51. The normalized spacial score (nSPS) is 11.2. The third-order valence-electron chi connectivity index (χ3n) is 4.29. The van der Waals surface area contributed by atoms with Crippen LogP contribution in [0.5, 0.6) is 11.5 Å². The first-order chi connectivity index (χ1) is 15.8. The van der Waals surface area contributed by atoms with Crippen LogP contribution in [0.1, 0.15) is 24.0 Å². The van der Waals surface area contributed by atoms with Crippen molar-refractivity contribution in [3.05, 3.63) is 90.0 Å². The standard InChI is InChI=1S/C24H20F3N3O3/c25-24(26,27)18-7-5-8-19(15-18)29-22(31)12-13-23(32)30-28-16-17-6-4-11-21(14-17)33-20-9-2-1-3-10-20/h1-11,14-16H,12-13H2,(H,29,31)(H,30,32)/b28-16+. The van der Waals surface area contributed by atoms with Crippen molar-refractivity contribution < 1.29 is 27.5 Å². The molecule has 0 aliphatic heterocycles. The number of hydrogen-bond donors (Lipinski definition) is 2. The van der Waals surface area contributed by atoms with E-state index in [9.17, 15) is 22.8 Å². The Bertz CT molecular complexity index is 1130. The number of hydrogen-bond acceptors (Lipinski definition) is 4. The van der Waals surface area contributed by atoms with Crippen molar-refractivity contribution in [2.45, 2.75) is 19.0 Å². The van der Waals surface area contributed by atoms with Crippen molar-refractivity contribution in [1.29, 1.82) is 0 Å². The van der Waals surface area contributed by atoms with Crippen molar-refractivity contribution in [3.63, 3.8) is 0 Å². The molecular weight excluding hydrogens is 435 g/mol. The average Bonchev–Trinajstić information content (AvgIpc) is 2.78. The number of carbonyl (C=O) groups excluding carboxylic acids is 2. The molecule has 0 unspecified atom stereocenters. The number of hydrazone groups is 1. The summed E-state index contributed by atoms with van der Waals surface area (Å²) >= 11 is 0. The summed E-state index contributed by atoms with van der Waals surface area (Å²) in [5.41, 5.74) is 2.13. The number of ether oxygens (including phenoxy) is 1. The lowest BCUT2D eigenvalue weighted by molar-refractivity contribution is -0.137. The molecule has 0 aromatic heterocycles. The van der Waals surface area contributed by atoms with Gasteiger partial charge in [0.2, 0.25) is 11.8 Å². The van der Waals surface area contributed by atoms with Gasteiger partial charge in [-0.3, -0.25) is 9.59 Å². The van der Waals surface area contributed by atoms with Crippen LogP contribution in [0.3, 0.4) is 0 Å². The van der Waals surface area contributed by atoms with Crippen LogP contribution in [0.2, 0.25) is 0 Å². The van der Waals surface area contributed by atoms with E-state index in [1.54, 1.807) is 24.3 Å². The lowest BCUT2D eigenvalue weighted by atomic mass is 10.2. The highest BCUT2D eigenvalue weighted by molar-refractivity contribution is 5.93. The molecular formula is C24H20F3N3O3. The maximum atomic E-state index is 12.7. The van der Waals surface area contributed by atoms with E-state index in [-0.39, 0.29) is 18.5 Å². The Morgan fingerprint density at radius 2 is 1.55 bits per heavy atom. The molecule has 170 valence electrons. The van der Waals surface area contributed by atoms with Gasteiger partial charge in [0.15, 0.2) is 0 Å². The SMILES string of the molecule is O=C(CCC(=O)Nc1cccc(C(F)(F)F)c1)N/N=C/c1cccc(Oc2ccccc2)c1. The number of carbonyl (C=O) groups is 2. The number of nitrogens with one attached hydrogen (secondary N) is 2. The Morgan fingerprint density at radius 3 is 2.30 bits per heavy atom. The van der Waals surface area contributed by atoms with Crippen LogP contribution in [-0.2, 0) is 15.8 Å². The molecule has 0 bridgehead atoms. The Balaban J connectivity index is 1.45. The molecule has 0 spiro atoms. The van der Waals surface area contributed by atoms with Crippen molar-refractivity contribution in [2.24, 2.45) is 5.10 Å². The van der Waals surface area contributed by atoms with Gasteiger partial charge in [0, 0.05) is 18.5 Å². The monoisotopic (exact) mass is 455 g/mol. The average molecular weight is 455 g/mol. The van der Waals surface area contributed by atoms with Crippen LogP contribution < -0.4 is 15.5 Å². The van der Waals surface area contributed by atoms with Crippen LogP contribution in [0.25, 0.3) is 0 Å². The third-order valence-corrected chi connectivity index (χ3v) is 4.29. The smallest absolute Gasteiger partial charge is 0.416 e. The Labute approximate surface area is 188 Å². The summed E-state index contributed by atoms with van der Waals surface area (Å²) in [5.74, 6) is 0.187. The first kappa shape index (κ1) is 23.5. The molecule has 0 saturated carbocycles. The fraction of sp³-hybridized carbons (Fsp3) is 0.125. The highest BCUT2D eigenvalue weighted by atomic mass is 19.4. The highest BCUT2D eigenvalue weighted by Gasteiger charge is 2.30. The molecule has 0 atom stereocenters. The van der Waals surface area contributed by atoms with Crippen LogP contribution in [-0.4, -0.2) is 18.0 Å². The summed E-state index contributed by atoms with van der Waals surface area (Å²) in [6.07, 6.45) is -3.47. The zero-order chi connectivity index (χ0) is 23.7. The zero-order valence-corrected chi connectivity index (χ0v) is 17.3. The maximum Gasteiger partial charge on any atom is 0.416 e.